The zero-order valence-electron chi connectivity index (χ0n) is 9.41. The van der Waals surface area contributed by atoms with Crippen molar-refractivity contribution in [3.63, 3.8) is 0 Å². The highest BCUT2D eigenvalue weighted by Gasteiger charge is 2.22. The van der Waals surface area contributed by atoms with Crippen LogP contribution in [0.1, 0.15) is 32.6 Å². The van der Waals surface area contributed by atoms with Crippen LogP contribution in [0.4, 0.5) is 0 Å². The van der Waals surface area contributed by atoms with Crippen molar-refractivity contribution in [3.8, 4) is 0 Å². The fourth-order valence-electron chi connectivity index (χ4n) is 2.38. The van der Waals surface area contributed by atoms with E-state index in [1.54, 1.807) is 6.92 Å². The van der Waals surface area contributed by atoms with Gasteiger partial charge in [0.2, 0.25) is 0 Å². The molecule has 0 amide bonds. The molecule has 0 saturated carbocycles. The lowest BCUT2D eigenvalue weighted by Gasteiger charge is -2.34. The van der Waals surface area contributed by atoms with E-state index >= 15 is 0 Å². The highest BCUT2D eigenvalue weighted by Crippen LogP contribution is 2.23. The third-order valence-corrected chi connectivity index (χ3v) is 3.41. The summed E-state index contributed by atoms with van der Waals surface area (Å²) in [6.45, 7) is 3.81. The van der Waals surface area contributed by atoms with Crippen LogP contribution in [0.2, 0.25) is 0 Å². The van der Waals surface area contributed by atoms with Crippen molar-refractivity contribution in [1.29, 1.82) is 0 Å². The predicted molar refractivity (Wildman–Crippen MR) is 61.4 cm³/mol. The van der Waals surface area contributed by atoms with Gasteiger partial charge in [-0.3, -0.25) is 4.79 Å². The minimum Gasteiger partial charge on any atom is -0.372 e. The van der Waals surface area contributed by atoms with Gasteiger partial charge in [-0.05, 0) is 38.7 Å². The summed E-state index contributed by atoms with van der Waals surface area (Å²) in [7, 11) is 0. The van der Waals surface area contributed by atoms with E-state index < -0.39 is 0 Å². The van der Waals surface area contributed by atoms with E-state index in [4.69, 9.17) is 0 Å². The molecule has 82 valence electrons. The first kappa shape index (κ1) is 10.5. The Kier molecular flexibility index (Phi) is 3.24. The Morgan fingerprint density at radius 1 is 1.33 bits per heavy atom. The second kappa shape index (κ2) is 4.65. The molecule has 0 unspecified atom stereocenters. The van der Waals surface area contributed by atoms with Crippen LogP contribution >= 0.6 is 0 Å². The van der Waals surface area contributed by atoms with Crippen LogP contribution in [0.5, 0.6) is 0 Å². The molecule has 0 aromatic carbocycles. The Balaban J connectivity index is 1.90. The molecule has 0 aromatic rings. The molecule has 1 heterocycles. The van der Waals surface area contributed by atoms with Gasteiger partial charge in [-0.2, -0.15) is 0 Å². The Hall–Kier alpha value is -1.05. The van der Waals surface area contributed by atoms with E-state index in [2.05, 4.69) is 23.1 Å². The van der Waals surface area contributed by atoms with Crippen molar-refractivity contribution in [3.05, 3.63) is 23.9 Å². The highest BCUT2D eigenvalue weighted by molar-refractivity contribution is 5.78. The minimum absolute atomic E-state index is 0.314. The van der Waals surface area contributed by atoms with Gasteiger partial charge in [-0.25, -0.2) is 0 Å². The van der Waals surface area contributed by atoms with Crippen LogP contribution in [-0.4, -0.2) is 23.8 Å². The molecule has 1 fully saturated rings. The standard InChI is InChI=1S/C13H19NO/c1-11(15)12-7-9-14(10-8-12)13-5-3-2-4-6-13/h3,5-6,12H,2,4,7-10H2,1H3. The van der Waals surface area contributed by atoms with Crippen LogP contribution in [0.25, 0.3) is 0 Å². The molecule has 2 aliphatic rings. The van der Waals surface area contributed by atoms with Crippen molar-refractivity contribution < 1.29 is 4.79 Å². The summed E-state index contributed by atoms with van der Waals surface area (Å²) in [5, 5.41) is 0. The average molecular weight is 205 g/mol. The summed E-state index contributed by atoms with van der Waals surface area (Å²) in [5.74, 6) is 0.678. The van der Waals surface area contributed by atoms with Crippen LogP contribution in [0, 0.1) is 5.92 Å². The van der Waals surface area contributed by atoms with Crippen molar-refractivity contribution in [1.82, 2.24) is 4.90 Å². The Labute approximate surface area is 91.6 Å². The number of piperidine rings is 1. The maximum absolute atomic E-state index is 11.2. The SMILES string of the molecule is CC(=O)C1CCN(C2=CCCC=C2)CC1. The van der Waals surface area contributed by atoms with Crippen LogP contribution in [-0.2, 0) is 4.79 Å². The zero-order chi connectivity index (χ0) is 10.7. The highest BCUT2D eigenvalue weighted by atomic mass is 16.1. The number of allylic oxidation sites excluding steroid dienone is 3. The van der Waals surface area contributed by atoms with E-state index in [1.165, 1.54) is 18.5 Å². The van der Waals surface area contributed by atoms with Gasteiger partial charge in [-0.15, -0.1) is 0 Å². The second-order valence-corrected chi connectivity index (χ2v) is 4.48. The number of nitrogens with zero attached hydrogens (tertiary/aromatic N) is 1. The van der Waals surface area contributed by atoms with Gasteiger partial charge in [0.15, 0.2) is 0 Å². The zero-order valence-corrected chi connectivity index (χ0v) is 9.41. The summed E-state index contributed by atoms with van der Waals surface area (Å²) in [4.78, 5) is 13.6. The van der Waals surface area contributed by atoms with Gasteiger partial charge in [0.25, 0.3) is 0 Å². The minimum atomic E-state index is 0.314. The molecule has 1 aliphatic heterocycles. The molecule has 2 heteroatoms. The molecule has 0 radical (unpaired) electrons. The maximum Gasteiger partial charge on any atom is 0.133 e. The molecule has 2 rings (SSSR count). The number of ketones is 1. The van der Waals surface area contributed by atoms with Crippen LogP contribution < -0.4 is 0 Å². The fourth-order valence-corrected chi connectivity index (χ4v) is 2.38. The number of likely N-dealkylation sites (tertiary alicyclic amines) is 1. The predicted octanol–water partition coefficient (Wildman–Crippen LogP) is 2.52. The lowest BCUT2D eigenvalue weighted by atomic mass is 9.93. The van der Waals surface area contributed by atoms with E-state index in [0.29, 0.717) is 11.7 Å². The summed E-state index contributed by atoms with van der Waals surface area (Å²) in [6.07, 6.45) is 11.2. The van der Waals surface area contributed by atoms with Crippen molar-refractivity contribution >= 4 is 5.78 Å². The largest absolute Gasteiger partial charge is 0.372 e. The van der Waals surface area contributed by atoms with Gasteiger partial charge in [0.05, 0.1) is 0 Å². The lowest BCUT2D eigenvalue weighted by Crippen LogP contribution is -2.35. The molecule has 0 atom stereocenters. The van der Waals surface area contributed by atoms with E-state index in [1.807, 2.05) is 0 Å². The number of carbonyl (C=O) groups is 1. The summed E-state index contributed by atoms with van der Waals surface area (Å²) < 4.78 is 0. The van der Waals surface area contributed by atoms with Crippen molar-refractivity contribution in [2.75, 3.05) is 13.1 Å². The van der Waals surface area contributed by atoms with Crippen molar-refractivity contribution in [2.24, 2.45) is 5.92 Å². The lowest BCUT2D eigenvalue weighted by molar-refractivity contribution is -0.121. The smallest absolute Gasteiger partial charge is 0.133 e. The van der Waals surface area contributed by atoms with Gasteiger partial charge in [0.1, 0.15) is 5.78 Å². The molecular formula is C13H19NO. The number of hydrogen-bond acceptors (Lipinski definition) is 2. The third kappa shape index (κ3) is 2.49. The topological polar surface area (TPSA) is 20.3 Å². The Morgan fingerprint density at radius 3 is 2.60 bits per heavy atom. The summed E-state index contributed by atoms with van der Waals surface area (Å²) in [5.41, 5.74) is 1.36. The first-order valence-electron chi connectivity index (χ1n) is 5.89. The third-order valence-electron chi connectivity index (χ3n) is 3.41. The maximum atomic E-state index is 11.2. The first-order chi connectivity index (χ1) is 7.27. The molecule has 0 aromatic heterocycles. The number of carbonyl (C=O) groups excluding carboxylic acids is 1. The van der Waals surface area contributed by atoms with E-state index in [-0.39, 0.29) is 0 Å². The average Bonchev–Trinajstić information content (AvgIpc) is 2.30. The fraction of sp³-hybridized carbons (Fsp3) is 0.615. The summed E-state index contributed by atoms with van der Waals surface area (Å²) in [6, 6.07) is 0. The Morgan fingerprint density at radius 2 is 2.07 bits per heavy atom. The van der Waals surface area contributed by atoms with Gasteiger partial charge in [-0.1, -0.05) is 12.2 Å². The second-order valence-electron chi connectivity index (χ2n) is 4.48. The normalized spacial score (nSPS) is 22.7. The molecular weight excluding hydrogens is 186 g/mol. The van der Waals surface area contributed by atoms with Gasteiger partial charge < -0.3 is 4.90 Å². The molecule has 0 N–H and O–H groups in total. The summed E-state index contributed by atoms with van der Waals surface area (Å²) >= 11 is 0. The van der Waals surface area contributed by atoms with Crippen molar-refractivity contribution in [2.45, 2.75) is 32.6 Å². The molecule has 0 bridgehead atoms. The van der Waals surface area contributed by atoms with E-state index in [0.717, 1.165) is 25.9 Å². The van der Waals surface area contributed by atoms with Crippen LogP contribution in [0.3, 0.4) is 0 Å². The molecule has 15 heavy (non-hydrogen) atoms. The Bertz CT molecular complexity index is 296. The quantitative estimate of drug-likeness (QED) is 0.690. The molecule has 1 saturated heterocycles. The molecule has 2 nitrogen and oxygen atoms in total. The van der Waals surface area contributed by atoms with Gasteiger partial charge in [0, 0.05) is 24.7 Å². The number of hydrogen-bond donors (Lipinski definition) is 0. The monoisotopic (exact) mass is 205 g/mol. The van der Waals surface area contributed by atoms with E-state index in [9.17, 15) is 4.79 Å². The van der Waals surface area contributed by atoms with Crippen LogP contribution in [0.15, 0.2) is 23.9 Å². The number of rotatable bonds is 2. The molecule has 0 spiro atoms. The number of Topliss-reactive ketones (excluding diaryl/α,β-unsaturated/α-hetero) is 1. The van der Waals surface area contributed by atoms with Gasteiger partial charge >= 0.3 is 0 Å². The molecule has 1 aliphatic carbocycles. The first-order valence-corrected chi connectivity index (χ1v) is 5.89.